The van der Waals surface area contributed by atoms with Crippen LogP contribution in [0.5, 0.6) is 0 Å². The molecule has 0 aliphatic carbocycles. The highest BCUT2D eigenvalue weighted by atomic mass is 19.4. The van der Waals surface area contributed by atoms with Crippen molar-refractivity contribution in [3.8, 4) is 0 Å². The van der Waals surface area contributed by atoms with Gasteiger partial charge in [-0.1, -0.05) is 13.8 Å². The number of anilines is 2. The van der Waals surface area contributed by atoms with Crippen LogP contribution in [0.15, 0.2) is 18.2 Å². The zero-order chi connectivity index (χ0) is 22.1. The molecule has 3 rings (SSSR count). The predicted octanol–water partition coefficient (Wildman–Crippen LogP) is 2.06. The van der Waals surface area contributed by atoms with Crippen LogP contribution < -0.4 is 15.5 Å². The quantitative estimate of drug-likeness (QED) is 0.701. The van der Waals surface area contributed by atoms with Crippen molar-refractivity contribution in [3.05, 3.63) is 23.8 Å². The van der Waals surface area contributed by atoms with Gasteiger partial charge in [0.05, 0.1) is 30.2 Å². The van der Waals surface area contributed by atoms with Crippen molar-refractivity contribution in [2.24, 2.45) is 5.92 Å². The first-order chi connectivity index (χ1) is 14.1. The van der Waals surface area contributed by atoms with Crippen molar-refractivity contribution in [2.75, 3.05) is 43.1 Å². The van der Waals surface area contributed by atoms with Gasteiger partial charge >= 0.3 is 12.2 Å². The van der Waals surface area contributed by atoms with Crippen molar-refractivity contribution in [2.45, 2.75) is 26.1 Å². The third-order valence-electron chi connectivity index (χ3n) is 4.97. The van der Waals surface area contributed by atoms with Gasteiger partial charge in [-0.25, -0.2) is 4.79 Å². The number of nitrogens with one attached hydrogen (secondary N) is 2. The summed E-state index contributed by atoms with van der Waals surface area (Å²) in [5.74, 6) is -1.47. The van der Waals surface area contributed by atoms with Gasteiger partial charge in [-0.3, -0.25) is 14.5 Å². The van der Waals surface area contributed by atoms with E-state index in [1.807, 2.05) is 4.90 Å². The summed E-state index contributed by atoms with van der Waals surface area (Å²) in [6.45, 7) is 4.65. The SMILES string of the molecule is CC(C)C1NC(=O)N(CC(=O)Nc2cc(C(F)(F)F)ccc2N2CCOCC2)C1=O. The summed E-state index contributed by atoms with van der Waals surface area (Å²) < 4.78 is 44.8. The van der Waals surface area contributed by atoms with E-state index < -0.39 is 42.2 Å². The Kier molecular flexibility index (Phi) is 6.20. The Balaban J connectivity index is 1.80. The van der Waals surface area contributed by atoms with Crippen LogP contribution in [0.4, 0.5) is 29.3 Å². The molecule has 1 unspecified atom stereocenters. The van der Waals surface area contributed by atoms with Crippen molar-refractivity contribution >= 4 is 29.2 Å². The maximum absolute atomic E-state index is 13.2. The highest BCUT2D eigenvalue weighted by molar-refractivity contribution is 6.08. The van der Waals surface area contributed by atoms with E-state index >= 15 is 0 Å². The monoisotopic (exact) mass is 428 g/mol. The maximum atomic E-state index is 13.2. The van der Waals surface area contributed by atoms with Crippen LogP contribution in [-0.4, -0.2) is 61.6 Å². The summed E-state index contributed by atoms with van der Waals surface area (Å²) in [4.78, 5) is 39.5. The van der Waals surface area contributed by atoms with Crippen LogP contribution in [0.3, 0.4) is 0 Å². The molecule has 2 saturated heterocycles. The van der Waals surface area contributed by atoms with Crippen molar-refractivity contribution in [3.63, 3.8) is 0 Å². The Morgan fingerprint density at radius 3 is 2.50 bits per heavy atom. The van der Waals surface area contributed by atoms with Crippen molar-refractivity contribution < 1.29 is 32.3 Å². The molecule has 2 heterocycles. The molecular formula is C19H23F3N4O4. The molecule has 1 atom stereocenters. The summed E-state index contributed by atoms with van der Waals surface area (Å²) in [5.41, 5.74) is -0.536. The molecule has 8 nitrogen and oxygen atoms in total. The summed E-state index contributed by atoms with van der Waals surface area (Å²) >= 11 is 0. The zero-order valence-electron chi connectivity index (χ0n) is 16.6. The second kappa shape index (κ2) is 8.50. The Hall–Kier alpha value is -2.82. The molecule has 1 aromatic carbocycles. The fraction of sp³-hybridized carbons (Fsp3) is 0.526. The van der Waals surface area contributed by atoms with Crippen LogP contribution in [-0.2, 0) is 20.5 Å². The molecule has 0 aromatic heterocycles. The van der Waals surface area contributed by atoms with Gasteiger partial charge in [0.15, 0.2) is 0 Å². The van der Waals surface area contributed by atoms with Gasteiger partial charge in [0.25, 0.3) is 5.91 Å². The molecule has 2 aliphatic heterocycles. The lowest BCUT2D eigenvalue weighted by atomic mass is 10.1. The number of carbonyl (C=O) groups is 3. The molecule has 2 fully saturated rings. The molecule has 2 N–H and O–H groups in total. The average Bonchev–Trinajstić information content (AvgIpc) is 2.96. The minimum absolute atomic E-state index is 0.0378. The number of halogens is 3. The van der Waals surface area contributed by atoms with E-state index in [0.717, 1.165) is 17.0 Å². The number of benzene rings is 1. The van der Waals surface area contributed by atoms with Gasteiger partial charge in [0.2, 0.25) is 5.91 Å². The lowest BCUT2D eigenvalue weighted by molar-refractivity contribution is -0.137. The van der Waals surface area contributed by atoms with E-state index in [9.17, 15) is 27.6 Å². The number of hydrogen-bond donors (Lipinski definition) is 2. The zero-order valence-corrected chi connectivity index (χ0v) is 16.6. The first-order valence-corrected chi connectivity index (χ1v) is 9.53. The Morgan fingerprint density at radius 1 is 1.27 bits per heavy atom. The molecule has 2 aliphatic rings. The third-order valence-corrected chi connectivity index (χ3v) is 4.97. The van der Waals surface area contributed by atoms with Crippen LogP contribution in [0.1, 0.15) is 19.4 Å². The molecule has 164 valence electrons. The van der Waals surface area contributed by atoms with Gasteiger partial charge in [-0.15, -0.1) is 0 Å². The number of nitrogens with zero attached hydrogens (tertiary/aromatic N) is 2. The van der Waals surface area contributed by atoms with Gasteiger partial charge in [0.1, 0.15) is 12.6 Å². The molecule has 0 saturated carbocycles. The van der Waals surface area contributed by atoms with Gasteiger partial charge in [-0.2, -0.15) is 13.2 Å². The van der Waals surface area contributed by atoms with Crippen molar-refractivity contribution in [1.29, 1.82) is 0 Å². The predicted molar refractivity (Wildman–Crippen MR) is 102 cm³/mol. The summed E-state index contributed by atoms with van der Waals surface area (Å²) in [5, 5.41) is 4.94. The fourth-order valence-corrected chi connectivity index (χ4v) is 3.37. The first-order valence-electron chi connectivity index (χ1n) is 9.53. The summed E-state index contributed by atoms with van der Waals surface area (Å²) in [7, 11) is 0. The Morgan fingerprint density at radius 2 is 1.93 bits per heavy atom. The van der Waals surface area contributed by atoms with Crippen LogP contribution in [0, 0.1) is 5.92 Å². The van der Waals surface area contributed by atoms with Crippen LogP contribution in [0.2, 0.25) is 0 Å². The molecule has 1 aromatic rings. The number of morpholine rings is 1. The minimum Gasteiger partial charge on any atom is -0.378 e. The second-order valence-corrected chi connectivity index (χ2v) is 7.47. The Bertz CT molecular complexity index is 838. The van der Waals surface area contributed by atoms with Gasteiger partial charge in [-0.05, 0) is 24.1 Å². The number of imide groups is 1. The molecule has 30 heavy (non-hydrogen) atoms. The number of urea groups is 1. The van der Waals surface area contributed by atoms with E-state index in [-0.39, 0.29) is 11.6 Å². The largest absolute Gasteiger partial charge is 0.416 e. The van der Waals surface area contributed by atoms with E-state index in [1.165, 1.54) is 6.07 Å². The number of hydrogen-bond acceptors (Lipinski definition) is 5. The molecule has 4 amide bonds. The molecule has 11 heteroatoms. The number of amides is 4. The standard InChI is InChI=1S/C19H23F3N4O4/c1-11(2)16-17(28)26(18(29)24-16)10-15(27)23-13-9-12(19(20,21)22)3-4-14(13)25-5-7-30-8-6-25/h3-4,9,11,16H,5-8,10H2,1-2H3,(H,23,27)(H,24,29). The van der Waals surface area contributed by atoms with Crippen LogP contribution >= 0.6 is 0 Å². The minimum atomic E-state index is -4.59. The number of alkyl halides is 3. The molecule has 0 bridgehead atoms. The second-order valence-electron chi connectivity index (χ2n) is 7.47. The van der Waals surface area contributed by atoms with E-state index in [2.05, 4.69) is 10.6 Å². The lowest BCUT2D eigenvalue weighted by Gasteiger charge is -2.31. The van der Waals surface area contributed by atoms with E-state index in [1.54, 1.807) is 13.8 Å². The highest BCUT2D eigenvalue weighted by Crippen LogP contribution is 2.35. The molecule has 0 radical (unpaired) electrons. The summed E-state index contributed by atoms with van der Waals surface area (Å²) in [6.07, 6.45) is -4.59. The fourth-order valence-electron chi connectivity index (χ4n) is 3.37. The highest BCUT2D eigenvalue weighted by Gasteiger charge is 2.40. The molecule has 0 spiro atoms. The molecular weight excluding hydrogens is 405 g/mol. The lowest BCUT2D eigenvalue weighted by Crippen LogP contribution is -2.40. The maximum Gasteiger partial charge on any atom is 0.416 e. The third kappa shape index (κ3) is 4.66. The van der Waals surface area contributed by atoms with Gasteiger partial charge < -0.3 is 20.3 Å². The average molecular weight is 428 g/mol. The summed E-state index contributed by atoms with van der Waals surface area (Å²) in [6, 6.07) is 1.66. The Labute approximate surface area is 171 Å². The van der Waals surface area contributed by atoms with Crippen molar-refractivity contribution in [1.82, 2.24) is 10.2 Å². The van der Waals surface area contributed by atoms with E-state index in [0.29, 0.717) is 32.0 Å². The number of ether oxygens (including phenoxy) is 1. The number of carbonyl (C=O) groups excluding carboxylic acids is 3. The number of rotatable bonds is 5. The van der Waals surface area contributed by atoms with Crippen LogP contribution in [0.25, 0.3) is 0 Å². The topological polar surface area (TPSA) is 91.0 Å². The van der Waals surface area contributed by atoms with E-state index in [4.69, 9.17) is 4.74 Å². The first kappa shape index (κ1) is 21.9. The normalized spacial score (nSPS) is 20.0. The van der Waals surface area contributed by atoms with Gasteiger partial charge in [0, 0.05) is 13.1 Å². The smallest absolute Gasteiger partial charge is 0.378 e.